The van der Waals surface area contributed by atoms with Crippen molar-refractivity contribution in [2.24, 2.45) is 4.99 Å². The minimum absolute atomic E-state index is 0.163. The molecule has 1 fully saturated rings. The molecule has 0 amide bonds. The third kappa shape index (κ3) is 6.09. The van der Waals surface area contributed by atoms with Gasteiger partial charge in [-0.2, -0.15) is 0 Å². The van der Waals surface area contributed by atoms with Crippen molar-refractivity contribution in [1.29, 1.82) is 0 Å². The number of benzene rings is 1. The molecule has 30 heavy (non-hydrogen) atoms. The maximum atomic E-state index is 5.98. The van der Waals surface area contributed by atoms with E-state index in [-0.39, 0.29) is 12.1 Å². The summed E-state index contributed by atoms with van der Waals surface area (Å²) < 4.78 is 16.8. The minimum atomic E-state index is 0.163. The molecule has 3 atom stereocenters. The molecule has 1 aliphatic heterocycles. The lowest BCUT2D eigenvalue weighted by Gasteiger charge is -2.28. The first-order valence-electron chi connectivity index (χ1n) is 11.1. The van der Waals surface area contributed by atoms with Crippen LogP contribution in [0.2, 0.25) is 0 Å². The summed E-state index contributed by atoms with van der Waals surface area (Å²) in [7, 11) is 0. The van der Waals surface area contributed by atoms with Crippen molar-refractivity contribution < 1.29 is 13.9 Å². The Morgan fingerprint density at radius 2 is 2.10 bits per heavy atom. The summed E-state index contributed by atoms with van der Waals surface area (Å²) in [6, 6.07) is 13.2. The van der Waals surface area contributed by atoms with Gasteiger partial charge in [-0.15, -0.1) is 0 Å². The summed E-state index contributed by atoms with van der Waals surface area (Å²) in [5, 5.41) is 7.20. The van der Waals surface area contributed by atoms with Crippen LogP contribution in [-0.2, 0) is 28.7 Å². The first kappa shape index (κ1) is 20.9. The monoisotopic (exact) mass is 411 g/mol. The lowest BCUT2D eigenvalue weighted by molar-refractivity contribution is 0.0347. The zero-order chi connectivity index (χ0) is 20.6. The highest BCUT2D eigenvalue weighted by molar-refractivity contribution is 5.80. The number of rotatable bonds is 8. The molecule has 2 aromatic rings. The van der Waals surface area contributed by atoms with Gasteiger partial charge in [0, 0.05) is 31.7 Å². The van der Waals surface area contributed by atoms with Crippen molar-refractivity contribution in [3.8, 4) is 0 Å². The summed E-state index contributed by atoms with van der Waals surface area (Å²) in [6.07, 6.45) is 6.94. The highest BCUT2D eigenvalue weighted by Crippen LogP contribution is 2.21. The maximum Gasteiger partial charge on any atom is 0.191 e. The van der Waals surface area contributed by atoms with Crippen LogP contribution in [0.1, 0.15) is 36.7 Å². The first-order chi connectivity index (χ1) is 14.8. The van der Waals surface area contributed by atoms with Crippen LogP contribution in [0, 0.1) is 0 Å². The molecule has 0 saturated carbocycles. The zero-order valence-electron chi connectivity index (χ0n) is 17.8. The van der Waals surface area contributed by atoms with E-state index in [1.807, 2.05) is 12.1 Å². The van der Waals surface area contributed by atoms with E-state index in [4.69, 9.17) is 18.9 Å². The predicted molar refractivity (Wildman–Crippen MR) is 118 cm³/mol. The van der Waals surface area contributed by atoms with Crippen molar-refractivity contribution in [3.05, 3.63) is 59.5 Å². The van der Waals surface area contributed by atoms with Crippen LogP contribution >= 0.6 is 0 Å². The number of hydrogen-bond donors (Lipinski definition) is 2. The van der Waals surface area contributed by atoms with Crippen LogP contribution in [0.15, 0.2) is 52.1 Å². The molecule has 0 spiro atoms. The number of fused-ring (bicyclic) bond motifs is 1. The summed E-state index contributed by atoms with van der Waals surface area (Å²) in [4.78, 5) is 4.82. The SMILES string of the molecule is CC(COC1CCOC1)NC(=NCCc1ccco1)NC1CCc2ccccc2C1. The molecule has 6 heteroatoms. The van der Waals surface area contributed by atoms with Gasteiger partial charge in [0.05, 0.1) is 25.6 Å². The number of ether oxygens (including phenoxy) is 2. The van der Waals surface area contributed by atoms with Crippen LogP contribution < -0.4 is 10.6 Å². The first-order valence-corrected chi connectivity index (χ1v) is 11.1. The maximum absolute atomic E-state index is 5.98. The fourth-order valence-electron chi connectivity index (χ4n) is 4.08. The third-order valence-corrected chi connectivity index (χ3v) is 5.75. The van der Waals surface area contributed by atoms with E-state index in [2.05, 4.69) is 41.8 Å². The Kier molecular flexibility index (Phi) is 7.43. The standard InChI is InChI=1S/C24H33N3O3/c1-18(16-30-23-11-14-28-17-23)26-24(25-12-10-22-7-4-13-29-22)27-21-9-8-19-5-2-3-6-20(19)15-21/h2-7,13,18,21,23H,8-12,14-17H2,1H3,(H2,25,26,27). The molecule has 3 unspecified atom stereocenters. The second kappa shape index (κ2) is 10.6. The molecular weight excluding hydrogens is 378 g/mol. The number of aliphatic imine (C=N–C) groups is 1. The predicted octanol–water partition coefficient (Wildman–Crippen LogP) is 3.11. The molecule has 6 nitrogen and oxygen atoms in total. The number of guanidine groups is 1. The average molecular weight is 412 g/mol. The lowest BCUT2D eigenvalue weighted by atomic mass is 9.88. The molecule has 1 aromatic carbocycles. The highest BCUT2D eigenvalue weighted by atomic mass is 16.5. The van der Waals surface area contributed by atoms with Gasteiger partial charge in [-0.1, -0.05) is 24.3 Å². The summed E-state index contributed by atoms with van der Waals surface area (Å²) in [6.45, 7) is 4.96. The lowest BCUT2D eigenvalue weighted by Crippen LogP contribution is -2.49. The van der Waals surface area contributed by atoms with E-state index in [1.165, 1.54) is 11.1 Å². The molecule has 0 bridgehead atoms. The molecule has 0 radical (unpaired) electrons. The minimum Gasteiger partial charge on any atom is -0.469 e. The van der Waals surface area contributed by atoms with Crippen LogP contribution in [0.3, 0.4) is 0 Å². The van der Waals surface area contributed by atoms with Gasteiger partial charge < -0.3 is 24.5 Å². The van der Waals surface area contributed by atoms with Gasteiger partial charge in [0.15, 0.2) is 5.96 Å². The van der Waals surface area contributed by atoms with Gasteiger partial charge in [0.2, 0.25) is 0 Å². The zero-order valence-corrected chi connectivity index (χ0v) is 17.8. The van der Waals surface area contributed by atoms with Crippen molar-refractivity contribution in [2.45, 2.75) is 57.2 Å². The van der Waals surface area contributed by atoms with E-state index in [1.54, 1.807) is 6.26 Å². The Bertz CT molecular complexity index is 800. The normalized spacial score (nSPS) is 22.5. The Balaban J connectivity index is 1.33. The average Bonchev–Trinajstić information content (AvgIpc) is 3.46. The van der Waals surface area contributed by atoms with Crippen LogP contribution in [0.4, 0.5) is 0 Å². The fraction of sp³-hybridized carbons (Fsp3) is 0.542. The molecule has 1 aliphatic carbocycles. The Hall–Kier alpha value is -2.31. The van der Waals surface area contributed by atoms with Gasteiger partial charge >= 0.3 is 0 Å². The van der Waals surface area contributed by atoms with Crippen LogP contribution in [0.25, 0.3) is 0 Å². The van der Waals surface area contributed by atoms with Gasteiger partial charge in [-0.05, 0) is 55.9 Å². The third-order valence-electron chi connectivity index (χ3n) is 5.75. The quantitative estimate of drug-likeness (QED) is 0.516. The number of hydrogen-bond acceptors (Lipinski definition) is 4. The molecule has 2 heterocycles. The van der Waals surface area contributed by atoms with Gasteiger partial charge in [-0.3, -0.25) is 4.99 Å². The highest BCUT2D eigenvalue weighted by Gasteiger charge is 2.21. The Morgan fingerprint density at radius 1 is 1.20 bits per heavy atom. The van der Waals surface area contributed by atoms with Gasteiger partial charge in [0.1, 0.15) is 5.76 Å². The Morgan fingerprint density at radius 3 is 2.90 bits per heavy atom. The number of furan rings is 1. The number of aryl methyl sites for hydroxylation is 1. The molecule has 2 N–H and O–H groups in total. The molecule has 1 saturated heterocycles. The van der Waals surface area contributed by atoms with E-state index >= 15 is 0 Å². The topological polar surface area (TPSA) is 68.0 Å². The molecule has 162 valence electrons. The Labute approximate surface area is 179 Å². The van der Waals surface area contributed by atoms with Crippen LogP contribution in [0.5, 0.6) is 0 Å². The van der Waals surface area contributed by atoms with Crippen molar-refractivity contribution in [2.75, 3.05) is 26.4 Å². The largest absolute Gasteiger partial charge is 0.469 e. The summed E-state index contributed by atoms with van der Waals surface area (Å²) >= 11 is 0. The molecule has 2 aliphatic rings. The summed E-state index contributed by atoms with van der Waals surface area (Å²) in [5.41, 5.74) is 2.91. The van der Waals surface area contributed by atoms with E-state index in [0.29, 0.717) is 25.8 Å². The van der Waals surface area contributed by atoms with E-state index in [9.17, 15) is 0 Å². The van der Waals surface area contributed by atoms with E-state index in [0.717, 1.165) is 50.4 Å². The number of nitrogens with zero attached hydrogens (tertiary/aromatic N) is 1. The fourth-order valence-corrected chi connectivity index (χ4v) is 4.08. The summed E-state index contributed by atoms with van der Waals surface area (Å²) in [5.74, 6) is 1.81. The van der Waals surface area contributed by atoms with E-state index < -0.39 is 0 Å². The number of nitrogens with one attached hydrogen (secondary N) is 2. The molecule has 1 aromatic heterocycles. The molecule has 4 rings (SSSR count). The second-order valence-corrected chi connectivity index (χ2v) is 8.28. The smallest absolute Gasteiger partial charge is 0.191 e. The second-order valence-electron chi connectivity index (χ2n) is 8.28. The van der Waals surface area contributed by atoms with Crippen molar-refractivity contribution in [3.63, 3.8) is 0 Å². The van der Waals surface area contributed by atoms with Crippen molar-refractivity contribution in [1.82, 2.24) is 10.6 Å². The van der Waals surface area contributed by atoms with Crippen LogP contribution in [-0.4, -0.2) is 50.5 Å². The van der Waals surface area contributed by atoms with Crippen molar-refractivity contribution >= 4 is 5.96 Å². The molecular formula is C24H33N3O3. The van der Waals surface area contributed by atoms with Gasteiger partial charge in [0.25, 0.3) is 0 Å². The van der Waals surface area contributed by atoms with Gasteiger partial charge in [-0.25, -0.2) is 0 Å².